The van der Waals surface area contributed by atoms with Crippen LogP contribution in [-0.2, 0) is 11.3 Å². The van der Waals surface area contributed by atoms with Gasteiger partial charge < -0.3 is 10.2 Å². The molecule has 0 aliphatic carbocycles. The summed E-state index contributed by atoms with van der Waals surface area (Å²) in [6, 6.07) is 3.42. The monoisotopic (exact) mass is 268 g/mol. The summed E-state index contributed by atoms with van der Waals surface area (Å²) in [4.78, 5) is 13.7. The number of benzene rings is 1. The molecule has 1 saturated heterocycles. The summed E-state index contributed by atoms with van der Waals surface area (Å²) in [6.07, 6.45) is 0. The second-order valence-corrected chi connectivity index (χ2v) is 5.14. The minimum absolute atomic E-state index is 0.00442. The minimum atomic E-state index is -0.613. The molecule has 1 heterocycles. The molecule has 1 amide bonds. The summed E-state index contributed by atoms with van der Waals surface area (Å²) >= 11 is 0. The second kappa shape index (κ2) is 5.65. The fourth-order valence-electron chi connectivity index (χ4n) is 2.20. The van der Waals surface area contributed by atoms with E-state index in [-0.39, 0.29) is 18.4 Å². The average molecular weight is 268 g/mol. The van der Waals surface area contributed by atoms with E-state index in [1.54, 1.807) is 7.05 Å². The van der Waals surface area contributed by atoms with E-state index >= 15 is 0 Å². The largest absolute Gasteiger partial charge is 0.341 e. The van der Waals surface area contributed by atoms with Crippen molar-refractivity contribution in [3.05, 3.63) is 35.4 Å². The van der Waals surface area contributed by atoms with E-state index in [0.717, 1.165) is 19.2 Å². The summed E-state index contributed by atoms with van der Waals surface area (Å²) in [6.45, 7) is 3.76. The second-order valence-electron chi connectivity index (χ2n) is 5.14. The number of carbonyl (C=O) groups is 1. The highest BCUT2D eigenvalue weighted by atomic mass is 19.1. The molecule has 1 aromatic rings. The van der Waals surface area contributed by atoms with E-state index < -0.39 is 11.6 Å². The number of hydrogen-bond donors (Lipinski definition) is 1. The molecule has 0 radical (unpaired) electrons. The van der Waals surface area contributed by atoms with E-state index in [9.17, 15) is 13.6 Å². The SMILES string of the molecule is CC(C(=O)N(C)Cc1ccc(F)cc1F)C1CNC1. The van der Waals surface area contributed by atoms with Gasteiger partial charge >= 0.3 is 0 Å². The Morgan fingerprint density at radius 3 is 2.68 bits per heavy atom. The van der Waals surface area contributed by atoms with Crippen molar-refractivity contribution in [3.63, 3.8) is 0 Å². The van der Waals surface area contributed by atoms with Gasteiger partial charge in [0.2, 0.25) is 5.91 Å². The predicted molar refractivity (Wildman–Crippen MR) is 68.4 cm³/mol. The van der Waals surface area contributed by atoms with Crippen LogP contribution in [0.25, 0.3) is 0 Å². The normalized spacial score (nSPS) is 16.8. The van der Waals surface area contributed by atoms with Crippen molar-refractivity contribution < 1.29 is 13.6 Å². The first-order valence-corrected chi connectivity index (χ1v) is 6.38. The topological polar surface area (TPSA) is 32.3 Å². The van der Waals surface area contributed by atoms with Crippen LogP contribution in [0.15, 0.2) is 18.2 Å². The first-order chi connectivity index (χ1) is 8.99. The fraction of sp³-hybridized carbons (Fsp3) is 0.500. The zero-order chi connectivity index (χ0) is 14.0. The minimum Gasteiger partial charge on any atom is -0.341 e. The number of amides is 1. The molecule has 1 atom stereocenters. The third-order valence-corrected chi connectivity index (χ3v) is 3.71. The molecule has 1 fully saturated rings. The number of halogens is 2. The Morgan fingerprint density at radius 2 is 2.16 bits per heavy atom. The molecule has 0 spiro atoms. The Hall–Kier alpha value is -1.49. The van der Waals surface area contributed by atoms with Crippen LogP contribution in [0.5, 0.6) is 0 Å². The molecule has 1 aliphatic heterocycles. The highest BCUT2D eigenvalue weighted by Gasteiger charge is 2.30. The van der Waals surface area contributed by atoms with Gasteiger partial charge in [-0.05, 0) is 25.1 Å². The molecule has 1 N–H and O–H groups in total. The van der Waals surface area contributed by atoms with Crippen LogP contribution in [0, 0.1) is 23.5 Å². The molecule has 5 heteroatoms. The maximum Gasteiger partial charge on any atom is 0.225 e. The standard InChI is InChI=1S/C14H18F2N2O/c1-9(11-6-17-7-11)14(19)18(2)8-10-3-4-12(15)5-13(10)16/h3-5,9,11,17H,6-8H2,1-2H3. The van der Waals surface area contributed by atoms with Gasteiger partial charge in [0, 0.05) is 31.1 Å². The van der Waals surface area contributed by atoms with Crippen LogP contribution in [0.1, 0.15) is 12.5 Å². The summed E-state index contributed by atoms with van der Waals surface area (Å²) in [5, 5.41) is 3.13. The fourth-order valence-corrected chi connectivity index (χ4v) is 2.20. The Morgan fingerprint density at radius 1 is 1.47 bits per heavy atom. The lowest BCUT2D eigenvalue weighted by atomic mass is 9.88. The van der Waals surface area contributed by atoms with Crippen molar-refractivity contribution in [1.82, 2.24) is 10.2 Å². The molecule has 1 aliphatic rings. The maximum absolute atomic E-state index is 13.5. The Balaban J connectivity index is 1.99. The van der Waals surface area contributed by atoms with Crippen LogP contribution in [-0.4, -0.2) is 30.9 Å². The predicted octanol–water partition coefficient (Wildman–Crippen LogP) is 1.78. The first kappa shape index (κ1) is 13.9. The van der Waals surface area contributed by atoms with E-state index in [1.165, 1.54) is 17.0 Å². The van der Waals surface area contributed by atoms with Gasteiger partial charge in [-0.3, -0.25) is 4.79 Å². The summed E-state index contributed by atoms with van der Waals surface area (Å²) in [5.74, 6) is -0.945. The van der Waals surface area contributed by atoms with Crippen LogP contribution in [0.2, 0.25) is 0 Å². The number of hydrogen-bond acceptors (Lipinski definition) is 2. The van der Waals surface area contributed by atoms with Gasteiger partial charge in [0.25, 0.3) is 0 Å². The van der Waals surface area contributed by atoms with Gasteiger partial charge in [-0.1, -0.05) is 13.0 Å². The summed E-state index contributed by atoms with van der Waals surface area (Å²) in [5.41, 5.74) is 0.330. The van der Waals surface area contributed by atoms with E-state index in [0.29, 0.717) is 11.5 Å². The quantitative estimate of drug-likeness (QED) is 0.902. The molecule has 0 bridgehead atoms. The maximum atomic E-state index is 13.5. The Labute approximate surface area is 111 Å². The van der Waals surface area contributed by atoms with Crippen LogP contribution >= 0.6 is 0 Å². The zero-order valence-electron chi connectivity index (χ0n) is 11.1. The molecule has 104 valence electrons. The molecule has 1 unspecified atom stereocenters. The molecule has 0 saturated carbocycles. The van der Waals surface area contributed by atoms with E-state index in [2.05, 4.69) is 5.32 Å². The van der Waals surface area contributed by atoms with Crippen molar-refractivity contribution in [2.45, 2.75) is 13.5 Å². The highest BCUT2D eigenvalue weighted by Crippen LogP contribution is 2.19. The van der Waals surface area contributed by atoms with Crippen LogP contribution in [0.3, 0.4) is 0 Å². The third-order valence-electron chi connectivity index (χ3n) is 3.71. The van der Waals surface area contributed by atoms with Gasteiger partial charge in [0.05, 0.1) is 0 Å². The molecule has 2 rings (SSSR count). The van der Waals surface area contributed by atoms with Crippen molar-refractivity contribution in [1.29, 1.82) is 0 Å². The Kier molecular flexibility index (Phi) is 4.14. The van der Waals surface area contributed by atoms with Gasteiger partial charge in [-0.2, -0.15) is 0 Å². The van der Waals surface area contributed by atoms with Gasteiger partial charge in [0.15, 0.2) is 0 Å². The number of nitrogens with one attached hydrogen (secondary N) is 1. The average Bonchev–Trinajstić information content (AvgIpc) is 2.29. The highest BCUT2D eigenvalue weighted by molar-refractivity contribution is 5.78. The van der Waals surface area contributed by atoms with Gasteiger partial charge in [-0.15, -0.1) is 0 Å². The molecule has 0 aromatic heterocycles. The molecule has 1 aromatic carbocycles. The van der Waals surface area contributed by atoms with Gasteiger partial charge in [-0.25, -0.2) is 8.78 Å². The lowest BCUT2D eigenvalue weighted by Gasteiger charge is -2.34. The molecule has 3 nitrogen and oxygen atoms in total. The van der Waals surface area contributed by atoms with Crippen LogP contribution in [0.4, 0.5) is 8.78 Å². The smallest absolute Gasteiger partial charge is 0.225 e. The number of carbonyl (C=O) groups excluding carboxylic acids is 1. The van der Waals surface area contributed by atoms with Crippen molar-refractivity contribution in [3.8, 4) is 0 Å². The van der Waals surface area contributed by atoms with E-state index in [1.807, 2.05) is 6.92 Å². The zero-order valence-corrected chi connectivity index (χ0v) is 11.1. The molecule has 19 heavy (non-hydrogen) atoms. The Bertz CT molecular complexity index is 475. The van der Waals surface area contributed by atoms with Crippen molar-refractivity contribution >= 4 is 5.91 Å². The lowest BCUT2D eigenvalue weighted by molar-refractivity contribution is -0.136. The number of nitrogens with zero attached hydrogens (tertiary/aromatic N) is 1. The molecular weight excluding hydrogens is 250 g/mol. The molecular formula is C14H18F2N2O. The first-order valence-electron chi connectivity index (χ1n) is 6.38. The third kappa shape index (κ3) is 3.10. The number of rotatable bonds is 4. The van der Waals surface area contributed by atoms with E-state index in [4.69, 9.17) is 0 Å². The van der Waals surface area contributed by atoms with Gasteiger partial charge in [0.1, 0.15) is 11.6 Å². The summed E-state index contributed by atoms with van der Waals surface area (Å²) in [7, 11) is 1.65. The van der Waals surface area contributed by atoms with Crippen LogP contribution < -0.4 is 5.32 Å². The summed E-state index contributed by atoms with van der Waals surface area (Å²) < 4.78 is 26.3. The van der Waals surface area contributed by atoms with Crippen molar-refractivity contribution in [2.75, 3.05) is 20.1 Å². The van der Waals surface area contributed by atoms with Crippen molar-refractivity contribution in [2.24, 2.45) is 11.8 Å². The lowest BCUT2D eigenvalue weighted by Crippen LogP contribution is -2.49.